The quantitative estimate of drug-likeness (QED) is 0.828. The van der Waals surface area contributed by atoms with Gasteiger partial charge >= 0.3 is 0 Å². The van der Waals surface area contributed by atoms with Crippen molar-refractivity contribution < 1.29 is 4.74 Å². The summed E-state index contributed by atoms with van der Waals surface area (Å²) in [5, 5.41) is 0. The van der Waals surface area contributed by atoms with Gasteiger partial charge in [-0.05, 0) is 31.0 Å². The number of piperidine rings is 1. The fraction of sp³-hybridized carbons (Fsp3) is 0.400. The van der Waals surface area contributed by atoms with Gasteiger partial charge in [0.1, 0.15) is 0 Å². The molecule has 1 heterocycles. The van der Waals surface area contributed by atoms with Gasteiger partial charge in [-0.1, -0.05) is 60.7 Å². The summed E-state index contributed by atoms with van der Waals surface area (Å²) < 4.78 is 6.28. The lowest BCUT2D eigenvalue weighted by Gasteiger charge is -2.30. The van der Waals surface area contributed by atoms with Gasteiger partial charge in [0.15, 0.2) is 0 Å². The molecule has 0 aromatic heterocycles. The Hall–Kier alpha value is -1.64. The van der Waals surface area contributed by atoms with E-state index in [-0.39, 0.29) is 0 Å². The number of hydrogen-bond donors (Lipinski definition) is 0. The van der Waals surface area contributed by atoms with Gasteiger partial charge in [-0.25, -0.2) is 0 Å². The molecule has 1 fully saturated rings. The minimum atomic E-state index is 0.321. The van der Waals surface area contributed by atoms with Crippen LogP contribution in [0.4, 0.5) is 0 Å². The second kappa shape index (κ2) is 7.57. The molecule has 0 saturated carbocycles. The SMILES string of the molecule is CN1CCC(OCC(c2ccccc2)c2ccccc2)CC1. The molecule has 0 amide bonds. The first kappa shape index (κ1) is 15.3. The molecule has 3 rings (SSSR count). The van der Waals surface area contributed by atoms with Crippen LogP contribution in [-0.4, -0.2) is 37.7 Å². The molecule has 2 aromatic carbocycles. The third-order valence-corrected chi connectivity index (χ3v) is 4.57. The van der Waals surface area contributed by atoms with Crippen LogP contribution in [0, 0.1) is 0 Å². The molecule has 2 heteroatoms. The summed E-state index contributed by atoms with van der Waals surface area (Å²) in [6.07, 6.45) is 2.70. The summed E-state index contributed by atoms with van der Waals surface area (Å²) in [4.78, 5) is 2.38. The molecule has 0 unspecified atom stereocenters. The number of rotatable bonds is 5. The summed E-state index contributed by atoms with van der Waals surface area (Å²) in [6, 6.07) is 21.4. The smallest absolute Gasteiger partial charge is 0.0600 e. The highest BCUT2D eigenvalue weighted by molar-refractivity contribution is 5.32. The minimum absolute atomic E-state index is 0.321. The van der Waals surface area contributed by atoms with Crippen LogP contribution < -0.4 is 0 Å². The standard InChI is InChI=1S/C20H25NO/c1-21-14-12-19(13-15-21)22-16-20(17-8-4-2-5-9-17)18-10-6-3-7-11-18/h2-11,19-20H,12-16H2,1H3. The lowest BCUT2D eigenvalue weighted by Crippen LogP contribution is -2.34. The highest BCUT2D eigenvalue weighted by Crippen LogP contribution is 2.26. The normalized spacial score (nSPS) is 17.0. The van der Waals surface area contributed by atoms with E-state index in [0.717, 1.165) is 32.5 Å². The van der Waals surface area contributed by atoms with E-state index in [0.29, 0.717) is 12.0 Å². The first-order valence-electron chi connectivity index (χ1n) is 8.23. The van der Waals surface area contributed by atoms with E-state index in [1.54, 1.807) is 0 Å². The maximum Gasteiger partial charge on any atom is 0.0600 e. The van der Waals surface area contributed by atoms with E-state index in [4.69, 9.17) is 4.74 Å². The molecule has 116 valence electrons. The van der Waals surface area contributed by atoms with Crippen molar-refractivity contribution in [1.82, 2.24) is 4.90 Å². The molecule has 0 radical (unpaired) electrons. The van der Waals surface area contributed by atoms with Crippen molar-refractivity contribution in [3.63, 3.8) is 0 Å². The van der Waals surface area contributed by atoms with Crippen molar-refractivity contribution in [3.8, 4) is 0 Å². The Bertz CT molecular complexity index is 507. The Kier molecular flexibility index (Phi) is 5.25. The molecular weight excluding hydrogens is 270 g/mol. The maximum absolute atomic E-state index is 6.28. The molecule has 0 N–H and O–H groups in total. The van der Waals surface area contributed by atoms with Gasteiger partial charge < -0.3 is 9.64 Å². The Labute approximate surface area is 133 Å². The third-order valence-electron chi connectivity index (χ3n) is 4.57. The maximum atomic E-state index is 6.28. The van der Waals surface area contributed by atoms with Gasteiger partial charge in [0.05, 0.1) is 12.7 Å². The summed E-state index contributed by atoms with van der Waals surface area (Å²) >= 11 is 0. The van der Waals surface area contributed by atoms with Crippen molar-refractivity contribution in [2.24, 2.45) is 0 Å². The fourth-order valence-electron chi connectivity index (χ4n) is 3.14. The van der Waals surface area contributed by atoms with Gasteiger partial charge in [-0.3, -0.25) is 0 Å². The number of nitrogens with zero attached hydrogens (tertiary/aromatic N) is 1. The molecular formula is C20H25NO. The van der Waals surface area contributed by atoms with Crippen molar-refractivity contribution in [2.45, 2.75) is 24.9 Å². The topological polar surface area (TPSA) is 12.5 Å². The Morgan fingerprint density at radius 2 is 1.41 bits per heavy atom. The third kappa shape index (κ3) is 3.96. The van der Waals surface area contributed by atoms with Crippen molar-refractivity contribution in [3.05, 3.63) is 71.8 Å². The summed E-state index contributed by atoms with van der Waals surface area (Å²) in [7, 11) is 2.19. The highest BCUT2D eigenvalue weighted by atomic mass is 16.5. The molecule has 22 heavy (non-hydrogen) atoms. The second-order valence-corrected chi connectivity index (χ2v) is 6.21. The van der Waals surface area contributed by atoms with Crippen LogP contribution in [0.15, 0.2) is 60.7 Å². The Morgan fingerprint density at radius 3 is 1.91 bits per heavy atom. The zero-order valence-electron chi connectivity index (χ0n) is 13.3. The van der Waals surface area contributed by atoms with Crippen LogP contribution >= 0.6 is 0 Å². The Morgan fingerprint density at radius 1 is 0.909 bits per heavy atom. The molecule has 1 aliphatic rings. The average molecular weight is 295 g/mol. The number of likely N-dealkylation sites (tertiary alicyclic amines) is 1. The summed E-state index contributed by atoms with van der Waals surface area (Å²) in [6.45, 7) is 3.06. The molecule has 1 aliphatic heterocycles. The predicted molar refractivity (Wildman–Crippen MR) is 91.2 cm³/mol. The van der Waals surface area contributed by atoms with Crippen molar-refractivity contribution in [2.75, 3.05) is 26.7 Å². The van der Waals surface area contributed by atoms with E-state index < -0.39 is 0 Å². The van der Waals surface area contributed by atoms with Crippen LogP contribution in [0.25, 0.3) is 0 Å². The number of benzene rings is 2. The van der Waals surface area contributed by atoms with E-state index >= 15 is 0 Å². The molecule has 1 saturated heterocycles. The lowest BCUT2D eigenvalue weighted by atomic mass is 9.92. The van der Waals surface area contributed by atoms with Crippen LogP contribution in [0.5, 0.6) is 0 Å². The van der Waals surface area contributed by atoms with Crippen LogP contribution in [0.2, 0.25) is 0 Å². The Balaban J connectivity index is 1.70. The van der Waals surface area contributed by atoms with Gasteiger partial charge in [0.2, 0.25) is 0 Å². The lowest BCUT2D eigenvalue weighted by molar-refractivity contribution is 0.00906. The zero-order chi connectivity index (χ0) is 15.2. The van der Waals surface area contributed by atoms with E-state index in [9.17, 15) is 0 Å². The first-order valence-corrected chi connectivity index (χ1v) is 8.23. The molecule has 2 nitrogen and oxygen atoms in total. The highest BCUT2D eigenvalue weighted by Gasteiger charge is 2.20. The predicted octanol–water partition coefficient (Wildman–Crippen LogP) is 3.93. The largest absolute Gasteiger partial charge is 0.377 e. The summed E-state index contributed by atoms with van der Waals surface area (Å²) in [5.41, 5.74) is 2.67. The van der Waals surface area contributed by atoms with Crippen molar-refractivity contribution in [1.29, 1.82) is 0 Å². The monoisotopic (exact) mass is 295 g/mol. The van der Waals surface area contributed by atoms with Gasteiger partial charge in [0, 0.05) is 19.0 Å². The van der Waals surface area contributed by atoms with E-state index in [2.05, 4.69) is 72.6 Å². The average Bonchev–Trinajstić information content (AvgIpc) is 2.59. The zero-order valence-corrected chi connectivity index (χ0v) is 13.3. The van der Waals surface area contributed by atoms with E-state index in [1.165, 1.54) is 11.1 Å². The van der Waals surface area contributed by atoms with Crippen LogP contribution in [0.3, 0.4) is 0 Å². The number of hydrogen-bond acceptors (Lipinski definition) is 2. The molecule has 0 spiro atoms. The van der Waals surface area contributed by atoms with E-state index in [1.807, 2.05) is 0 Å². The first-order chi connectivity index (χ1) is 10.8. The minimum Gasteiger partial charge on any atom is -0.377 e. The van der Waals surface area contributed by atoms with Gasteiger partial charge in [-0.15, -0.1) is 0 Å². The van der Waals surface area contributed by atoms with Gasteiger partial charge in [-0.2, -0.15) is 0 Å². The van der Waals surface area contributed by atoms with Crippen LogP contribution in [-0.2, 0) is 4.74 Å². The van der Waals surface area contributed by atoms with Gasteiger partial charge in [0.25, 0.3) is 0 Å². The molecule has 0 bridgehead atoms. The fourth-order valence-corrected chi connectivity index (χ4v) is 3.14. The molecule has 2 aromatic rings. The summed E-state index contributed by atoms with van der Waals surface area (Å²) in [5.74, 6) is 0.321. The number of ether oxygens (including phenoxy) is 1. The second-order valence-electron chi connectivity index (χ2n) is 6.21. The van der Waals surface area contributed by atoms with Crippen LogP contribution in [0.1, 0.15) is 29.9 Å². The molecule has 0 aliphatic carbocycles. The molecule has 0 atom stereocenters. The van der Waals surface area contributed by atoms with Crippen molar-refractivity contribution >= 4 is 0 Å².